The van der Waals surface area contributed by atoms with Gasteiger partial charge in [-0.2, -0.15) is 4.31 Å². The van der Waals surface area contributed by atoms with E-state index in [1.54, 1.807) is 0 Å². The average Bonchev–Trinajstić information content (AvgIpc) is 2.74. The predicted octanol–water partition coefficient (Wildman–Crippen LogP) is 2.52. The van der Waals surface area contributed by atoms with Crippen LogP contribution in [0.1, 0.15) is 44.9 Å². The van der Waals surface area contributed by atoms with Crippen LogP contribution in [-0.4, -0.2) is 50.3 Å². The van der Waals surface area contributed by atoms with Gasteiger partial charge in [0.05, 0.1) is 16.6 Å². The van der Waals surface area contributed by atoms with Gasteiger partial charge in [0.2, 0.25) is 15.9 Å². The molecule has 2 fully saturated rings. The Bertz CT molecular complexity index is 946. The first-order chi connectivity index (χ1) is 14.3. The second-order valence-corrected chi connectivity index (χ2v) is 10.5. The third-order valence-corrected chi connectivity index (χ3v) is 8.32. The maximum Gasteiger partial charge on any atom is 0.262 e. The standard InChI is InChI=1S/C20H26ClN3O5S/c21-15-9-16-17(29-12-19(25)23-16)10-18(15)30(27,28)24-8-4-5-13(11-24)20(26)22-14-6-2-1-3-7-14/h9-10,13-14H,1-8,11-12H2,(H,22,26)(H,23,25)/t13-/m0/s1. The highest BCUT2D eigenvalue weighted by Gasteiger charge is 2.36. The molecule has 1 aromatic rings. The van der Waals surface area contributed by atoms with Crippen molar-refractivity contribution in [3.8, 4) is 5.75 Å². The average molecular weight is 456 g/mol. The van der Waals surface area contributed by atoms with Crippen molar-refractivity contribution in [1.29, 1.82) is 0 Å². The quantitative estimate of drug-likeness (QED) is 0.725. The zero-order valence-electron chi connectivity index (χ0n) is 16.7. The number of carbonyl (C=O) groups is 2. The van der Waals surface area contributed by atoms with Gasteiger partial charge in [0.15, 0.2) is 6.61 Å². The highest BCUT2D eigenvalue weighted by molar-refractivity contribution is 7.89. The first kappa shape index (κ1) is 21.4. The van der Waals surface area contributed by atoms with Crippen molar-refractivity contribution in [3.63, 3.8) is 0 Å². The molecular weight excluding hydrogens is 430 g/mol. The molecule has 1 saturated heterocycles. The lowest BCUT2D eigenvalue weighted by Crippen LogP contribution is -2.47. The minimum atomic E-state index is -3.91. The van der Waals surface area contributed by atoms with Gasteiger partial charge in [-0.25, -0.2) is 8.42 Å². The molecule has 2 amide bonds. The second-order valence-electron chi connectivity index (χ2n) is 8.16. The normalized spacial score (nSPS) is 23.2. The highest BCUT2D eigenvalue weighted by atomic mass is 35.5. The molecule has 10 heteroatoms. The molecule has 30 heavy (non-hydrogen) atoms. The van der Waals surface area contributed by atoms with E-state index in [9.17, 15) is 18.0 Å². The summed E-state index contributed by atoms with van der Waals surface area (Å²) in [7, 11) is -3.91. The number of piperidine rings is 1. The molecule has 164 valence electrons. The molecule has 1 aromatic carbocycles. The van der Waals surface area contributed by atoms with E-state index in [0.29, 0.717) is 25.1 Å². The molecule has 4 rings (SSSR count). The molecule has 2 heterocycles. The Hall–Kier alpha value is -1.84. The van der Waals surface area contributed by atoms with E-state index in [1.165, 1.54) is 22.9 Å². The van der Waals surface area contributed by atoms with Gasteiger partial charge in [0, 0.05) is 25.2 Å². The van der Waals surface area contributed by atoms with Crippen molar-refractivity contribution in [2.24, 2.45) is 5.92 Å². The Labute approximate surface area is 181 Å². The fourth-order valence-corrected chi connectivity index (χ4v) is 6.40. The fraction of sp³-hybridized carbons (Fsp3) is 0.600. The summed E-state index contributed by atoms with van der Waals surface area (Å²) in [4.78, 5) is 24.1. The number of nitrogens with one attached hydrogen (secondary N) is 2. The third-order valence-electron chi connectivity index (χ3n) is 5.99. The maximum atomic E-state index is 13.3. The van der Waals surface area contributed by atoms with Crippen LogP contribution in [0.5, 0.6) is 5.75 Å². The number of carbonyl (C=O) groups excluding carboxylic acids is 2. The van der Waals surface area contributed by atoms with Crippen LogP contribution in [0.3, 0.4) is 0 Å². The number of anilines is 1. The van der Waals surface area contributed by atoms with Gasteiger partial charge in [-0.15, -0.1) is 0 Å². The highest BCUT2D eigenvalue weighted by Crippen LogP contribution is 2.37. The fourth-order valence-electron chi connectivity index (χ4n) is 4.36. The number of hydrogen-bond acceptors (Lipinski definition) is 5. The Kier molecular flexibility index (Phi) is 6.22. The minimum absolute atomic E-state index is 0.00771. The SMILES string of the molecule is O=C1COc2cc(S(=O)(=O)N3CCC[C@H](C(=O)NC4CCCCC4)C3)c(Cl)cc2N1. The number of nitrogens with zero attached hydrogens (tertiary/aromatic N) is 1. The number of fused-ring (bicyclic) bond motifs is 1. The van der Waals surface area contributed by atoms with E-state index in [4.69, 9.17) is 16.3 Å². The van der Waals surface area contributed by atoms with Crippen LogP contribution in [0.15, 0.2) is 17.0 Å². The van der Waals surface area contributed by atoms with Crippen molar-refractivity contribution in [1.82, 2.24) is 9.62 Å². The third kappa shape index (κ3) is 4.43. The lowest BCUT2D eigenvalue weighted by atomic mass is 9.93. The van der Waals surface area contributed by atoms with Gasteiger partial charge in [0.1, 0.15) is 10.6 Å². The van der Waals surface area contributed by atoms with Crippen LogP contribution in [-0.2, 0) is 19.6 Å². The van der Waals surface area contributed by atoms with Crippen molar-refractivity contribution in [3.05, 3.63) is 17.2 Å². The first-order valence-corrected chi connectivity index (χ1v) is 12.2. The minimum Gasteiger partial charge on any atom is -0.482 e. The lowest BCUT2D eigenvalue weighted by Gasteiger charge is -2.33. The molecule has 3 aliphatic rings. The van der Waals surface area contributed by atoms with E-state index >= 15 is 0 Å². The largest absolute Gasteiger partial charge is 0.482 e. The molecule has 1 atom stereocenters. The van der Waals surface area contributed by atoms with Crippen LogP contribution in [0.2, 0.25) is 5.02 Å². The summed E-state index contributed by atoms with van der Waals surface area (Å²) in [5.74, 6) is -0.495. The number of rotatable bonds is 4. The van der Waals surface area contributed by atoms with Crippen LogP contribution in [0.25, 0.3) is 0 Å². The van der Waals surface area contributed by atoms with Gasteiger partial charge in [-0.1, -0.05) is 30.9 Å². The number of ether oxygens (including phenoxy) is 1. The number of benzene rings is 1. The summed E-state index contributed by atoms with van der Waals surface area (Å²) in [6.07, 6.45) is 6.69. The van der Waals surface area contributed by atoms with Gasteiger partial charge in [-0.05, 0) is 31.7 Å². The summed E-state index contributed by atoms with van der Waals surface area (Å²) in [6, 6.07) is 2.93. The molecule has 8 nitrogen and oxygen atoms in total. The zero-order valence-corrected chi connectivity index (χ0v) is 18.2. The topological polar surface area (TPSA) is 105 Å². The maximum absolute atomic E-state index is 13.3. The van der Waals surface area contributed by atoms with Crippen LogP contribution in [0.4, 0.5) is 5.69 Å². The van der Waals surface area contributed by atoms with Crippen molar-refractivity contribution in [2.75, 3.05) is 25.0 Å². The lowest BCUT2D eigenvalue weighted by molar-refractivity contribution is -0.127. The summed E-state index contributed by atoms with van der Waals surface area (Å²) in [6.45, 7) is 0.285. The molecular formula is C20H26ClN3O5S. The summed E-state index contributed by atoms with van der Waals surface area (Å²) < 4.78 is 33.2. The number of sulfonamides is 1. The second kappa shape index (κ2) is 8.72. The van der Waals surface area contributed by atoms with Crippen molar-refractivity contribution >= 4 is 39.1 Å². The van der Waals surface area contributed by atoms with Crippen LogP contribution >= 0.6 is 11.6 Å². The Morgan fingerprint density at radius 1 is 1.17 bits per heavy atom. The summed E-state index contributed by atoms with van der Waals surface area (Å²) in [5, 5.41) is 5.73. The summed E-state index contributed by atoms with van der Waals surface area (Å²) in [5.41, 5.74) is 0.346. The Morgan fingerprint density at radius 3 is 2.70 bits per heavy atom. The van der Waals surface area contributed by atoms with E-state index < -0.39 is 10.0 Å². The molecule has 1 saturated carbocycles. The number of amides is 2. The van der Waals surface area contributed by atoms with Crippen LogP contribution < -0.4 is 15.4 Å². The molecule has 0 aromatic heterocycles. The van der Waals surface area contributed by atoms with Gasteiger partial charge < -0.3 is 15.4 Å². The summed E-state index contributed by atoms with van der Waals surface area (Å²) >= 11 is 6.25. The number of halogens is 1. The zero-order chi connectivity index (χ0) is 21.3. The van der Waals surface area contributed by atoms with Gasteiger partial charge >= 0.3 is 0 Å². The van der Waals surface area contributed by atoms with E-state index in [1.807, 2.05) is 0 Å². The van der Waals surface area contributed by atoms with Crippen molar-refractivity contribution in [2.45, 2.75) is 55.9 Å². The molecule has 0 spiro atoms. The smallest absolute Gasteiger partial charge is 0.262 e. The molecule has 2 N–H and O–H groups in total. The molecule has 0 unspecified atom stereocenters. The first-order valence-electron chi connectivity index (χ1n) is 10.4. The Morgan fingerprint density at radius 2 is 1.93 bits per heavy atom. The predicted molar refractivity (Wildman–Crippen MR) is 112 cm³/mol. The molecule has 2 aliphatic heterocycles. The van der Waals surface area contributed by atoms with E-state index in [0.717, 1.165) is 25.7 Å². The monoisotopic (exact) mass is 455 g/mol. The molecule has 0 bridgehead atoms. The number of hydrogen-bond donors (Lipinski definition) is 2. The van der Waals surface area contributed by atoms with Gasteiger partial charge in [0.25, 0.3) is 5.91 Å². The van der Waals surface area contributed by atoms with Crippen molar-refractivity contribution < 1.29 is 22.7 Å². The van der Waals surface area contributed by atoms with Crippen LogP contribution in [0, 0.1) is 5.92 Å². The Balaban J connectivity index is 1.50. The van der Waals surface area contributed by atoms with Gasteiger partial charge in [-0.3, -0.25) is 9.59 Å². The molecule has 1 aliphatic carbocycles. The van der Waals surface area contributed by atoms with E-state index in [-0.39, 0.29) is 52.6 Å². The molecule has 0 radical (unpaired) electrons. The van der Waals surface area contributed by atoms with E-state index in [2.05, 4.69) is 10.6 Å².